The van der Waals surface area contributed by atoms with E-state index in [0.717, 1.165) is 19.4 Å². The van der Waals surface area contributed by atoms with Crippen LogP contribution in [0.15, 0.2) is 0 Å². The fraction of sp³-hybridized carbons (Fsp3) is 0.909. The van der Waals surface area contributed by atoms with Gasteiger partial charge >= 0.3 is 0 Å². The van der Waals surface area contributed by atoms with Gasteiger partial charge in [-0.3, -0.25) is 4.79 Å². The Kier molecular flexibility index (Phi) is 3.73. The summed E-state index contributed by atoms with van der Waals surface area (Å²) in [5, 5.41) is 3.14. The molecule has 17 heavy (non-hydrogen) atoms. The lowest BCUT2D eigenvalue weighted by Crippen LogP contribution is -2.50. The fourth-order valence-electron chi connectivity index (χ4n) is 2.62. The van der Waals surface area contributed by atoms with E-state index in [1.54, 1.807) is 4.90 Å². The molecule has 6 heteroatoms. The molecular formula is C11H20N2O3S. The smallest absolute Gasteiger partial charge is 0.239 e. The summed E-state index contributed by atoms with van der Waals surface area (Å²) in [4.78, 5) is 13.9. The average molecular weight is 260 g/mol. The molecule has 2 rings (SSSR count). The standard InChI is InChI=1S/C11H20N2O3S/c1-9-11(14)13(6-3-5-12-9)10-4-2-7-17(15,16)8-10/h9-10,12H,2-8H2,1H3. The maximum atomic E-state index is 12.1. The minimum atomic E-state index is -2.95. The Morgan fingerprint density at radius 2 is 2.12 bits per heavy atom. The van der Waals surface area contributed by atoms with Gasteiger partial charge in [-0.05, 0) is 32.7 Å². The van der Waals surface area contributed by atoms with Gasteiger partial charge in [0.25, 0.3) is 0 Å². The second kappa shape index (κ2) is 4.94. The molecular weight excluding hydrogens is 240 g/mol. The number of nitrogens with zero attached hydrogens (tertiary/aromatic N) is 1. The molecule has 1 N–H and O–H groups in total. The van der Waals surface area contributed by atoms with Crippen LogP contribution in [0.2, 0.25) is 0 Å². The maximum absolute atomic E-state index is 12.1. The number of hydrogen-bond acceptors (Lipinski definition) is 4. The van der Waals surface area contributed by atoms with Crippen LogP contribution < -0.4 is 5.32 Å². The number of carbonyl (C=O) groups excluding carboxylic acids is 1. The molecule has 0 saturated carbocycles. The molecule has 2 aliphatic heterocycles. The van der Waals surface area contributed by atoms with Crippen LogP contribution in [-0.2, 0) is 14.6 Å². The second-order valence-corrected chi connectivity index (χ2v) is 7.20. The van der Waals surface area contributed by atoms with Gasteiger partial charge in [0.15, 0.2) is 9.84 Å². The predicted molar refractivity (Wildman–Crippen MR) is 65.5 cm³/mol. The Labute approximate surface area is 102 Å². The topological polar surface area (TPSA) is 66.5 Å². The molecule has 2 fully saturated rings. The lowest BCUT2D eigenvalue weighted by Gasteiger charge is -2.34. The summed E-state index contributed by atoms with van der Waals surface area (Å²) in [5.41, 5.74) is 0. The summed E-state index contributed by atoms with van der Waals surface area (Å²) >= 11 is 0. The molecule has 0 radical (unpaired) electrons. The van der Waals surface area contributed by atoms with E-state index in [0.29, 0.717) is 13.0 Å². The zero-order valence-electron chi connectivity index (χ0n) is 10.2. The first-order valence-electron chi connectivity index (χ1n) is 6.24. The molecule has 2 unspecified atom stereocenters. The van der Waals surface area contributed by atoms with Crippen molar-refractivity contribution in [2.75, 3.05) is 24.6 Å². The van der Waals surface area contributed by atoms with Gasteiger partial charge in [0.2, 0.25) is 5.91 Å². The highest BCUT2D eigenvalue weighted by molar-refractivity contribution is 7.91. The van der Waals surface area contributed by atoms with Crippen molar-refractivity contribution in [1.82, 2.24) is 10.2 Å². The largest absolute Gasteiger partial charge is 0.337 e. The van der Waals surface area contributed by atoms with Crippen LogP contribution in [0.25, 0.3) is 0 Å². The number of sulfone groups is 1. The molecule has 2 heterocycles. The summed E-state index contributed by atoms with van der Waals surface area (Å²) in [6.45, 7) is 3.34. The van der Waals surface area contributed by atoms with Crippen molar-refractivity contribution in [3.05, 3.63) is 0 Å². The van der Waals surface area contributed by atoms with E-state index < -0.39 is 9.84 Å². The number of amides is 1. The lowest BCUT2D eigenvalue weighted by atomic mass is 10.1. The summed E-state index contributed by atoms with van der Waals surface area (Å²) in [7, 11) is -2.95. The van der Waals surface area contributed by atoms with E-state index >= 15 is 0 Å². The molecule has 0 aromatic rings. The molecule has 2 atom stereocenters. The van der Waals surface area contributed by atoms with Crippen LogP contribution in [0.5, 0.6) is 0 Å². The molecule has 0 bridgehead atoms. The van der Waals surface area contributed by atoms with Crippen LogP contribution in [-0.4, -0.2) is 55.9 Å². The van der Waals surface area contributed by atoms with Gasteiger partial charge in [-0.1, -0.05) is 0 Å². The molecule has 2 aliphatic rings. The third kappa shape index (κ3) is 2.98. The molecule has 2 saturated heterocycles. The zero-order valence-corrected chi connectivity index (χ0v) is 11.0. The average Bonchev–Trinajstić information content (AvgIpc) is 2.41. The molecule has 0 aliphatic carbocycles. The summed E-state index contributed by atoms with van der Waals surface area (Å²) < 4.78 is 23.2. The van der Waals surface area contributed by atoms with Crippen molar-refractivity contribution in [2.24, 2.45) is 0 Å². The molecule has 0 aromatic heterocycles. The highest BCUT2D eigenvalue weighted by atomic mass is 32.2. The minimum Gasteiger partial charge on any atom is -0.337 e. The van der Waals surface area contributed by atoms with E-state index in [9.17, 15) is 13.2 Å². The van der Waals surface area contributed by atoms with Gasteiger partial charge in [0.05, 0.1) is 17.5 Å². The number of rotatable bonds is 1. The Morgan fingerprint density at radius 3 is 2.82 bits per heavy atom. The summed E-state index contributed by atoms with van der Waals surface area (Å²) in [6.07, 6.45) is 2.39. The Morgan fingerprint density at radius 1 is 1.35 bits per heavy atom. The summed E-state index contributed by atoms with van der Waals surface area (Å²) in [5.74, 6) is 0.467. The van der Waals surface area contributed by atoms with Crippen LogP contribution >= 0.6 is 0 Å². The predicted octanol–water partition coefficient (Wildman–Crippen LogP) is -0.226. The van der Waals surface area contributed by atoms with Gasteiger partial charge in [-0.2, -0.15) is 0 Å². The minimum absolute atomic E-state index is 0.0459. The third-order valence-electron chi connectivity index (χ3n) is 3.56. The van der Waals surface area contributed by atoms with Crippen LogP contribution in [0.4, 0.5) is 0 Å². The third-order valence-corrected chi connectivity index (χ3v) is 5.36. The van der Waals surface area contributed by atoms with E-state index in [-0.39, 0.29) is 29.5 Å². The zero-order chi connectivity index (χ0) is 12.5. The molecule has 0 spiro atoms. The van der Waals surface area contributed by atoms with Crippen molar-refractivity contribution in [2.45, 2.75) is 38.3 Å². The van der Waals surface area contributed by atoms with E-state index in [4.69, 9.17) is 0 Å². The van der Waals surface area contributed by atoms with Gasteiger partial charge in [-0.25, -0.2) is 8.42 Å². The first-order chi connectivity index (χ1) is 7.99. The Bertz CT molecular complexity index is 394. The first-order valence-corrected chi connectivity index (χ1v) is 8.06. The van der Waals surface area contributed by atoms with Crippen molar-refractivity contribution < 1.29 is 13.2 Å². The SMILES string of the molecule is CC1NCCCN(C2CCCS(=O)(=O)C2)C1=O. The number of nitrogens with one attached hydrogen (secondary N) is 1. The van der Waals surface area contributed by atoms with E-state index in [1.807, 2.05) is 6.92 Å². The van der Waals surface area contributed by atoms with Crippen LogP contribution in [0.3, 0.4) is 0 Å². The van der Waals surface area contributed by atoms with E-state index in [1.165, 1.54) is 0 Å². The number of hydrogen-bond donors (Lipinski definition) is 1. The Balaban J connectivity index is 2.12. The Hall–Kier alpha value is -0.620. The normalized spacial score (nSPS) is 34.4. The molecule has 0 aromatic carbocycles. The molecule has 1 amide bonds. The molecule has 98 valence electrons. The van der Waals surface area contributed by atoms with Crippen molar-refractivity contribution >= 4 is 15.7 Å². The first kappa shape index (κ1) is 12.8. The van der Waals surface area contributed by atoms with Gasteiger partial charge in [-0.15, -0.1) is 0 Å². The van der Waals surface area contributed by atoms with Gasteiger partial charge < -0.3 is 10.2 Å². The fourth-order valence-corrected chi connectivity index (χ4v) is 4.33. The van der Waals surface area contributed by atoms with Gasteiger partial charge in [0.1, 0.15) is 0 Å². The van der Waals surface area contributed by atoms with Crippen molar-refractivity contribution in [3.63, 3.8) is 0 Å². The van der Waals surface area contributed by atoms with Crippen molar-refractivity contribution in [1.29, 1.82) is 0 Å². The highest BCUT2D eigenvalue weighted by Gasteiger charge is 2.34. The highest BCUT2D eigenvalue weighted by Crippen LogP contribution is 2.19. The monoisotopic (exact) mass is 260 g/mol. The quantitative estimate of drug-likeness (QED) is 0.707. The molecule has 5 nitrogen and oxygen atoms in total. The number of carbonyl (C=O) groups is 1. The van der Waals surface area contributed by atoms with Gasteiger partial charge in [0, 0.05) is 12.6 Å². The van der Waals surface area contributed by atoms with Crippen LogP contribution in [0, 0.1) is 0 Å². The van der Waals surface area contributed by atoms with E-state index in [2.05, 4.69) is 5.32 Å². The summed E-state index contributed by atoms with van der Waals surface area (Å²) in [6, 6.07) is -0.300. The second-order valence-electron chi connectivity index (χ2n) is 4.97. The lowest BCUT2D eigenvalue weighted by molar-refractivity contribution is -0.134. The maximum Gasteiger partial charge on any atom is 0.239 e. The van der Waals surface area contributed by atoms with Crippen LogP contribution in [0.1, 0.15) is 26.2 Å². The van der Waals surface area contributed by atoms with Crippen molar-refractivity contribution in [3.8, 4) is 0 Å².